The van der Waals surface area contributed by atoms with Gasteiger partial charge in [0.05, 0.1) is 50.2 Å². The molecule has 0 fully saturated rings. The molecule has 1 amide bonds. The van der Waals surface area contributed by atoms with E-state index >= 15 is 0 Å². The van der Waals surface area contributed by atoms with Crippen LogP contribution in [0.25, 0.3) is 21.8 Å². The molecule has 1 aromatic heterocycles. The fraction of sp³-hybridized carbons (Fsp3) is 0.235. The van der Waals surface area contributed by atoms with Gasteiger partial charge in [0.2, 0.25) is 0 Å². The maximum Gasteiger partial charge on any atom is 0.257 e. The average molecular weight is 600 g/mol. The van der Waals surface area contributed by atoms with Crippen LogP contribution in [-0.4, -0.2) is 51.9 Å². The molecule has 0 bridgehead atoms. The summed E-state index contributed by atoms with van der Waals surface area (Å²) in [4.78, 5) is 29.3. The van der Waals surface area contributed by atoms with Crippen molar-refractivity contribution in [1.82, 2.24) is 10.3 Å². The van der Waals surface area contributed by atoms with Crippen LogP contribution < -0.4 is 35.0 Å². The van der Waals surface area contributed by atoms with Crippen LogP contribution in [0.4, 0.5) is 10.1 Å². The molecular weight excluding hydrogens is 565 g/mol. The summed E-state index contributed by atoms with van der Waals surface area (Å²) in [5.41, 5.74) is 1.73. The van der Waals surface area contributed by atoms with Crippen molar-refractivity contribution in [2.24, 2.45) is 0 Å². The number of rotatable bonds is 13. The van der Waals surface area contributed by atoms with Gasteiger partial charge >= 0.3 is 0 Å². The molecule has 0 unspecified atom stereocenters. The Balaban J connectivity index is 1.16. The summed E-state index contributed by atoms with van der Waals surface area (Å²) < 4.78 is 36.5. The number of anilines is 1. The van der Waals surface area contributed by atoms with Gasteiger partial charge in [0.1, 0.15) is 17.3 Å². The first kappa shape index (κ1) is 30.4. The highest BCUT2D eigenvalue weighted by Crippen LogP contribution is 2.31. The highest BCUT2D eigenvalue weighted by atomic mass is 19.1. The number of methoxy groups -OCH3 is 3. The third-order valence-electron chi connectivity index (χ3n) is 7.29. The van der Waals surface area contributed by atoms with E-state index in [1.807, 2.05) is 18.2 Å². The van der Waals surface area contributed by atoms with Crippen molar-refractivity contribution < 1.29 is 28.1 Å². The van der Waals surface area contributed by atoms with E-state index < -0.39 is 11.7 Å². The molecule has 0 saturated carbocycles. The second-order valence-corrected chi connectivity index (χ2v) is 10.1. The van der Waals surface area contributed by atoms with Crippen LogP contribution >= 0.6 is 0 Å². The molecule has 5 aromatic rings. The highest BCUT2D eigenvalue weighted by molar-refractivity contribution is 6.13. The summed E-state index contributed by atoms with van der Waals surface area (Å²) >= 11 is 0. The van der Waals surface area contributed by atoms with Crippen LogP contribution in [0.15, 0.2) is 77.6 Å². The predicted octanol–water partition coefficient (Wildman–Crippen LogP) is 5.70. The third-order valence-corrected chi connectivity index (χ3v) is 7.29. The molecule has 10 heteroatoms. The van der Waals surface area contributed by atoms with Gasteiger partial charge in [-0.3, -0.25) is 9.59 Å². The van der Waals surface area contributed by atoms with E-state index in [1.54, 1.807) is 56.7 Å². The normalized spacial score (nSPS) is 11.0. The molecule has 5 rings (SSSR count). The number of halogens is 1. The zero-order valence-corrected chi connectivity index (χ0v) is 24.8. The topological polar surface area (TPSA) is 111 Å². The number of pyridine rings is 1. The maximum absolute atomic E-state index is 14.5. The van der Waals surface area contributed by atoms with Gasteiger partial charge in [-0.15, -0.1) is 0 Å². The number of carbonyl (C=O) groups is 1. The first-order chi connectivity index (χ1) is 21.4. The van der Waals surface area contributed by atoms with E-state index in [2.05, 4.69) is 15.6 Å². The minimum absolute atomic E-state index is 0.0532. The van der Waals surface area contributed by atoms with Crippen molar-refractivity contribution in [3.8, 4) is 23.0 Å². The monoisotopic (exact) mass is 599 g/mol. The summed E-state index contributed by atoms with van der Waals surface area (Å²) in [7, 11) is 4.75. The van der Waals surface area contributed by atoms with E-state index in [0.717, 1.165) is 37.2 Å². The molecule has 0 aliphatic carbocycles. The number of para-hydroxylation sites is 2. The van der Waals surface area contributed by atoms with Crippen molar-refractivity contribution in [3.63, 3.8) is 0 Å². The predicted molar refractivity (Wildman–Crippen MR) is 169 cm³/mol. The Hall–Kier alpha value is -5.09. The Morgan fingerprint density at radius 3 is 2.34 bits per heavy atom. The summed E-state index contributed by atoms with van der Waals surface area (Å²) in [6.07, 6.45) is 1.65. The maximum atomic E-state index is 14.5. The molecule has 0 spiro atoms. The van der Waals surface area contributed by atoms with Crippen molar-refractivity contribution in [2.45, 2.75) is 12.8 Å². The van der Waals surface area contributed by atoms with Crippen molar-refractivity contribution in [1.29, 1.82) is 0 Å². The molecule has 44 heavy (non-hydrogen) atoms. The van der Waals surface area contributed by atoms with Gasteiger partial charge in [0.15, 0.2) is 16.9 Å². The molecule has 0 atom stereocenters. The zero-order valence-electron chi connectivity index (χ0n) is 24.8. The van der Waals surface area contributed by atoms with Crippen LogP contribution in [0.1, 0.15) is 22.3 Å². The van der Waals surface area contributed by atoms with Crippen molar-refractivity contribution in [3.05, 3.63) is 100.0 Å². The van der Waals surface area contributed by atoms with Crippen molar-refractivity contribution >= 4 is 33.4 Å². The van der Waals surface area contributed by atoms with Gasteiger partial charge < -0.3 is 34.6 Å². The smallest absolute Gasteiger partial charge is 0.257 e. The quantitative estimate of drug-likeness (QED) is 0.118. The van der Waals surface area contributed by atoms with Crippen LogP contribution in [0, 0.1) is 5.82 Å². The van der Waals surface area contributed by atoms with Gasteiger partial charge in [0.25, 0.3) is 5.91 Å². The van der Waals surface area contributed by atoms with Crippen LogP contribution in [0.3, 0.4) is 0 Å². The van der Waals surface area contributed by atoms with E-state index in [0.29, 0.717) is 34.9 Å². The van der Waals surface area contributed by atoms with Gasteiger partial charge in [-0.05, 0) is 80.0 Å². The number of nitrogens with one attached hydrogen (secondary N) is 3. The van der Waals surface area contributed by atoms with Gasteiger partial charge in [0, 0.05) is 16.8 Å². The molecular formula is C34H34FN3O6. The number of carbonyl (C=O) groups excluding carboxylic acids is 1. The van der Waals surface area contributed by atoms with Crippen LogP contribution in [0.5, 0.6) is 23.0 Å². The summed E-state index contributed by atoms with van der Waals surface area (Å²) in [6, 6.07) is 20.2. The number of hydrogen-bond donors (Lipinski definition) is 3. The number of ether oxygens (including phenoxy) is 4. The second kappa shape index (κ2) is 13.9. The minimum atomic E-state index is -0.570. The first-order valence-corrected chi connectivity index (χ1v) is 14.2. The number of benzene rings is 4. The third kappa shape index (κ3) is 6.60. The first-order valence-electron chi connectivity index (χ1n) is 14.2. The van der Waals surface area contributed by atoms with Crippen molar-refractivity contribution in [2.75, 3.05) is 46.3 Å². The number of aromatic amines is 1. The fourth-order valence-corrected chi connectivity index (χ4v) is 5.01. The Bertz CT molecular complexity index is 1860. The summed E-state index contributed by atoms with van der Waals surface area (Å²) in [5.74, 6) is 1.39. The number of fused-ring (bicyclic) bond motifs is 2. The van der Waals surface area contributed by atoms with E-state index in [1.165, 1.54) is 19.2 Å². The second-order valence-electron chi connectivity index (χ2n) is 10.1. The van der Waals surface area contributed by atoms with Gasteiger partial charge in [-0.1, -0.05) is 18.2 Å². The molecule has 9 nitrogen and oxygen atoms in total. The molecule has 3 N–H and O–H groups in total. The van der Waals surface area contributed by atoms with Crippen LogP contribution in [0.2, 0.25) is 0 Å². The molecule has 0 radical (unpaired) electrons. The number of amides is 1. The molecule has 0 aliphatic heterocycles. The number of aromatic nitrogens is 1. The average Bonchev–Trinajstić information content (AvgIpc) is 3.05. The Kier molecular flexibility index (Phi) is 9.61. The Labute approximate surface area is 253 Å². The van der Waals surface area contributed by atoms with Gasteiger partial charge in [-0.25, -0.2) is 4.39 Å². The largest absolute Gasteiger partial charge is 0.494 e. The lowest BCUT2D eigenvalue weighted by Crippen LogP contribution is -2.20. The summed E-state index contributed by atoms with van der Waals surface area (Å²) in [5, 5.41) is 6.77. The lowest BCUT2D eigenvalue weighted by atomic mass is 10.1. The molecule has 0 saturated heterocycles. The Morgan fingerprint density at radius 1 is 0.818 bits per heavy atom. The molecule has 4 aromatic carbocycles. The van der Waals surface area contributed by atoms with Crippen LogP contribution in [-0.2, 0) is 6.42 Å². The highest BCUT2D eigenvalue weighted by Gasteiger charge is 2.17. The standard InChI is InChI=1S/C34H34FN3O6/c1-41-28-14-11-21(19-30(28)43-3)15-17-36-16-6-18-44-22-12-13-27(29(20-22)42-2)37-34(40)25-9-4-7-23-31(25)38-32-24(33(23)39)8-5-10-26(32)35/h4-5,7-14,19-20,36H,6,15-18H2,1-3H3,(H,37,40)(H,38,39). The van der Waals surface area contributed by atoms with E-state index in [9.17, 15) is 14.0 Å². The summed E-state index contributed by atoms with van der Waals surface area (Å²) in [6.45, 7) is 2.09. The molecule has 228 valence electrons. The van der Waals surface area contributed by atoms with E-state index in [-0.39, 0.29) is 27.4 Å². The Morgan fingerprint density at radius 2 is 1.57 bits per heavy atom. The number of hydrogen-bond acceptors (Lipinski definition) is 7. The lowest BCUT2D eigenvalue weighted by Gasteiger charge is -2.14. The zero-order chi connectivity index (χ0) is 31.1. The molecule has 0 aliphatic rings. The minimum Gasteiger partial charge on any atom is -0.494 e. The lowest BCUT2D eigenvalue weighted by molar-refractivity contribution is 0.102. The SMILES string of the molecule is COc1cc(OCCCNCCc2ccc(OC)c(OC)c2)ccc1NC(=O)c1cccc2c(=O)c3cccc(F)c3[nH]c12. The number of H-pyrrole nitrogens is 1. The fourth-order valence-electron chi connectivity index (χ4n) is 5.01. The van der Waals surface area contributed by atoms with Gasteiger partial charge in [-0.2, -0.15) is 0 Å². The molecule has 1 heterocycles. The van der Waals surface area contributed by atoms with E-state index in [4.69, 9.17) is 18.9 Å².